The normalized spacial score (nSPS) is 12.7. The topological polar surface area (TPSA) is 63.9 Å². The van der Waals surface area contributed by atoms with Gasteiger partial charge in [-0.15, -0.1) is 5.10 Å². The van der Waals surface area contributed by atoms with E-state index in [4.69, 9.17) is 0 Å². The summed E-state index contributed by atoms with van der Waals surface area (Å²) >= 11 is 1.25. The number of hydrogen-bond acceptors (Lipinski definition) is 5. The molecule has 1 aliphatic heterocycles. The van der Waals surface area contributed by atoms with E-state index < -0.39 is 0 Å². The molecule has 0 radical (unpaired) electrons. The lowest BCUT2D eigenvalue weighted by atomic mass is 10.0. The number of anilines is 2. The van der Waals surface area contributed by atoms with Crippen LogP contribution >= 0.6 is 11.8 Å². The van der Waals surface area contributed by atoms with Gasteiger partial charge in [-0.1, -0.05) is 48.2 Å². The highest BCUT2D eigenvalue weighted by Crippen LogP contribution is 2.36. The number of aryl methyl sites for hydroxylation is 2. The maximum atomic E-state index is 13.4. The SMILES string of the molecule is O=C(CSc1nnnn1-c1ccc(F)cc1)N1c2ccccc2CCc2ccccc21. The minimum absolute atomic E-state index is 0.0551. The molecule has 31 heavy (non-hydrogen) atoms. The number of aromatic nitrogens is 4. The molecule has 0 fully saturated rings. The third-order valence-electron chi connectivity index (χ3n) is 5.21. The van der Waals surface area contributed by atoms with Gasteiger partial charge in [-0.05, 0) is 70.8 Å². The fraction of sp³-hybridized carbons (Fsp3) is 0.130. The number of benzene rings is 3. The van der Waals surface area contributed by atoms with Crippen molar-refractivity contribution in [3.63, 3.8) is 0 Å². The van der Waals surface area contributed by atoms with Crippen LogP contribution in [0.3, 0.4) is 0 Å². The molecule has 0 bridgehead atoms. The van der Waals surface area contributed by atoms with E-state index in [1.807, 2.05) is 36.4 Å². The Morgan fingerprint density at radius 2 is 1.52 bits per heavy atom. The molecule has 4 aromatic rings. The quantitative estimate of drug-likeness (QED) is 0.450. The van der Waals surface area contributed by atoms with Crippen LogP contribution in [0.15, 0.2) is 78.0 Å². The molecule has 0 N–H and O–H groups in total. The van der Waals surface area contributed by atoms with Crippen molar-refractivity contribution in [2.24, 2.45) is 0 Å². The molecule has 0 saturated heterocycles. The molecule has 8 heteroatoms. The fourth-order valence-electron chi connectivity index (χ4n) is 3.75. The lowest BCUT2D eigenvalue weighted by Crippen LogP contribution is -2.28. The second kappa shape index (κ2) is 8.31. The van der Waals surface area contributed by atoms with Crippen LogP contribution in [-0.4, -0.2) is 31.9 Å². The van der Waals surface area contributed by atoms with E-state index in [9.17, 15) is 9.18 Å². The van der Waals surface area contributed by atoms with Gasteiger partial charge in [-0.3, -0.25) is 9.69 Å². The highest BCUT2D eigenvalue weighted by atomic mass is 32.2. The summed E-state index contributed by atoms with van der Waals surface area (Å²) in [6.45, 7) is 0. The highest BCUT2D eigenvalue weighted by molar-refractivity contribution is 7.99. The lowest BCUT2D eigenvalue weighted by molar-refractivity contribution is -0.115. The molecule has 154 valence electrons. The van der Waals surface area contributed by atoms with Crippen molar-refractivity contribution in [2.45, 2.75) is 18.0 Å². The number of carbonyl (C=O) groups excluding carboxylic acids is 1. The van der Waals surface area contributed by atoms with Crippen molar-refractivity contribution in [2.75, 3.05) is 10.7 Å². The first kappa shape index (κ1) is 19.4. The first-order valence-corrected chi connectivity index (χ1v) is 10.8. The first-order valence-electron chi connectivity index (χ1n) is 9.86. The van der Waals surface area contributed by atoms with Crippen LogP contribution in [0.4, 0.5) is 15.8 Å². The maximum absolute atomic E-state index is 13.4. The van der Waals surface area contributed by atoms with Gasteiger partial charge in [-0.2, -0.15) is 4.68 Å². The fourth-order valence-corrected chi connectivity index (χ4v) is 4.49. The van der Waals surface area contributed by atoms with Crippen LogP contribution in [0.1, 0.15) is 11.1 Å². The van der Waals surface area contributed by atoms with Crippen molar-refractivity contribution in [1.82, 2.24) is 20.2 Å². The number of tetrazole rings is 1. The molecular weight excluding hydrogens is 413 g/mol. The molecular formula is C23H18FN5OS. The second-order valence-electron chi connectivity index (χ2n) is 7.12. The van der Waals surface area contributed by atoms with E-state index in [0.717, 1.165) is 35.3 Å². The number of halogens is 1. The Hall–Kier alpha value is -3.52. The second-order valence-corrected chi connectivity index (χ2v) is 8.07. The predicted octanol–water partition coefficient (Wildman–Crippen LogP) is 4.36. The van der Waals surface area contributed by atoms with Crippen LogP contribution in [0.5, 0.6) is 0 Å². The number of nitrogens with zero attached hydrogens (tertiary/aromatic N) is 5. The standard InChI is InChI=1S/C23H18FN5OS/c24-18-11-13-19(14-12-18)29-23(25-26-27-29)31-15-22(30)28-20-7-3-1-5-16(20)9-10-17-6-2-4-8-21(17)28/h1-8,11-14H,9-10,15H2. The summed E-state index contributed by atoms with van der Waals surface area (Å²) in [6, 6.07) is 21.9. The summed E-state index contributed by atoms with van der Waals surface area (Å²) in [5.41, 5.74) is 4.75. The molecule has 1 aliphatic rings. The van der Waals surface area contributed by atoms with Gasteiger partial charge in [0.2, 0.25) is 11.1 Å². The van der Waals surface area contributed by atoms with Gasteiger partial charge in [0.15, 0.2) is 0 Å². The highest BCUT2D eigenvalue weighted by Gasteiger charge is 2.26. The molecule has 1 aromatic heterocycles. The van der Waals surface area contributed by atoms with Crippen LogP contribution < -0.4 is 4.90 Å². The summed E-state index contributed by atoms with van der Waals surface area (Å²) in [5.74, 6) is -0.232. The molecule has 1 amide bonds. The zero-order valence-electron chi connectivity index (χ0n) is 16.5. The van der Waals surface area contributed by atoms with Gasteiger partial charge in [-0.25, -0.2) is 4.39 Å². The third kappa shape index (κ3) is 3.82. The van der Waals surface area contributed by atoms with E-state index in [2.05, 4.69) is 27.7 Å². The van der Waals surface area contributed by atoms with Crippen molar-refractivity contribution in [3.05, 3.63) is 89.7 Å². The number of carbonyl (C=O) groups is 1. The number of para-hydroxylation sites is 2. The Morgan fingerprint density at radius 3 is 2.16 bits per heavy atom. The number of fused-ring (bicyclic) bond motifs is 2. The average Bonchev–Trinajstić information content (AvgIpc) is 3.20. The monoisotopic (exact) mass is 431 g/mol. The van der Waals surface area contributed by atoms with Crippen LogP contribution in [-0.2, 0) is 17.6 Å². The van der Waals surface area contributed by atoms with E-state index >= 15 is 0 Å². The number of amides is 1. The molecule has 0 unspecified atom stereocenters. The van der Waals surface area contributed by atoms with Crippen molar-refractivity contribution < 1.29 is 9.18 Å². The lowest BCUT2D eigenvalue weighted by Gasteiger charge is -2.24. The number of hydrogen-bond donors (Lipinski definition) is 0. The Labute approximate surface area is 182 Å². The average molecular weight is 431 g/mol. The summed E-state index contributed by atoms with van der Waals surface area (Å²) in [4.78, 5) is 15.2. The molecule has 2 heterocycles. The first-order chi connectivity index (χ1) is 15.2. The van der Waals surface area contributed by atoms with Crippen LogP contribution in [0, 0.1) is 5.82 Å². The summed E-state index contributed by atoms with van der Waals surface area (Å²) in [5, 5.41) is 12.2. The van der Waals surface area contributed by atoms with E-state index in [1.54, 1.807) is 17.0 Å². The minimum atomic E-state index is -0.334. The Bertz CT molecular complexity index is 1190. The molecule has 0 atom stereocenters. The van der Waals surface area contributed by atoms with E-state index in [-0.39, 0.29) is 17.5 Å². The van der Waals surface area contributed by atoms with Crippen molar-refractivity contribution in [1.29, 1.82) is 0 Å². The van der Waals surface area contributed by atoms with Crippen LogP contribution in [0.2, 0.25) is 0 Å². The largest absolute Gasteiger partial charge is 0.280 e. The van der Waals surface area contributed by atoms with Gasteiger partial charge in [0.1, 0.15) is 5.82 Å². The van der Waals surface area contributed by atoms with Gasteiger partial charge in [0.05, 0.1) is 22.8 Å². The summed E-state index contributed by atoms with van der Waals surface area (Å²) < 4.78 is 14.7. The molecule has 5 rings (SSSR count). The summed E-state index contributed by atoms with van der Waals surface area (Å²) in [7, 11) is 0. The Balaban J connectivity index is 1.43. The third-order valence-corrected chi connectivity index (χ3v) is 6.12. The van der Waals surface area contributed by atoms with Gasteiger partial charge < -0.3 is 0 Å². The van der Waals surface area contributed by atoms with Gasteiger partial charge in [0.25, 0.3) is 0 Å². The zero-order chi connectivity index (χ0) is 21.2. The molecule has 0 aliphatic carbocycles. The maximum Gasteiger partial charge on any atom is 0.242 e. The van der Waals surface area contributed by atoms with Crippen LogP contribution in [0.25, 0.3) is 5.69 Å². The van der Waals surface area contributed by atoms with Crippen molar-refractivity contribution >= 4 is 29.0 Å². The molecule has 0 spiro atoms. The predicted molar refractivity (Wildman–Crippen MR) is 117 cm³/mol. The zero-order valence-corrected chi connectivity index (χ0v) is 17.3. The number of rotatable bonds is 4. The van der Waals surface area contributed by atoms with E-state index in [1.165, 1.54) is 28.6 Å². The molecule has 0 saturated carbocycles. The Morgan fingerprint density at radius 1 is 0.903 bits per heavy atom. The molecule has 3 aromatic carbocycles. The van der Waals surface area contributed by atoms with Gasteiger partial charge >= 0.3 is 0 Å². The summed E-state index contributed by atoms with van der Waals surface area (Å²) in [6.07, 6.45) is 1.76. The molecule has 6 nitrogen and oxygen atoms in total. The Kier molecular flexibility index (Phi) is 5.21. The number of thioether (sulfide) groups is 1. The smallest absolute Gasteiger partial charge is 0.242 e. The minimum Gasteiger partial charge on any atom is -0.280 e. The van der Waals surface area contributed by atoms with Crippen molar-refractivity contribution in [3.8, 4) is 5.69 Å². The van der Waals surface area contributed by atoms with Gasteiger partial charge in [0, 0.05) is 0 Å². The van der Waals surface area contributed by atoms with E-state index in [0.29, 0.717) is 10.8 Å².